The van der Waals surface area contributed by atoms with Crippen molar-refractivity contribution in [1.82, 2.24) is 5.32 Å². The summed E-state index contributed by atoms with van der Waals surface area (Å²) in [5.74, 6) is -0.248. The Morgan fingerprint density at radius 3 is 2.79 bits per heavy atom. The van der Waals surface area contributed by atoms with Gasteiger partial charge in [-0.1, -0.05) is 28.1 Å². The van der Waals surface area contributed by atoms with Crippen LogP contribution < -0.4 is 5.32 Å². The van der Waals surface area contributed by atoms with Gasteiger partial charge in [0.1, 0.15) is 5.75 Å². The number of benzene rings is 1. The van der Waals surface area contributed by atoms with Crippen molar-refractivity contribution in [3.05, 3.63) is 29.8 Å². The Balaban J connectivity index is 2.75. The van der Waals surface area contributed by atoms with Crippen LogP contribution in [0.15, 0.2) is 24.3 Å². The molecule has 1 rings (SSSR count). The first-order valence-electron chi connectivity index (χ1n) is 4.30. The maximum absolute atomic E-state index is 11.5. The molecule has 1 unspecified atom stereocenters. The van der Waals surface area contributed by atoms with Crippen LogP contribution in [0.2, 0.25) is 0 Å². The third-order valence-electron chi connectivity index (χ3n) is 1.76. The zero-order chi connectivity index (χ0) is 10.6. The average Bonchev–Trinajstić information content (AvgIpc) is 2.18. The third kappa shape index (κ3) is 2.73. The summed E-state index contributed by atoms with van der Waals surface area (Å²) in [6.07, 6.45) is 0. The number of rotatable bonds is 3. The Morgan fingerprint density at radius 1 is 1.57 bits per heavy atom. The zero-order valence-electron chi connectivity index (χ0n) is 7.83. The van der Waals surface area contributed by atoms with E-state index in [-0.39, 0.29) is 17.7 Å². The molecular formula is C10H12BrNO2. The molecule has 0 aliphatic rings. The van der Waals surface area contributed by atoms with E-state index in [1.165, 1.54) is 6.07 Å². The quantitative estimate of drug-likeness (QED) is 0.813. The number of amides is 1. The first-order valence-corrected chi connectivity index (χ1v) is 5.42. The van der Waals surface area contributed by atoms with Crippen LogP contribution in [-0.4, -0.2) is 22.4 Å². The van der Waals surface area contributed by atoms with E-state index >= 15 is 0 Å². The molecule has 0 saturated carbocycles. The first kappa shape index (κ1) is 11.0. The second-order valence-electron chi connectivity index (χ2n) is 3.05. The minimum Gasteiger partial charge on any atom is -0.507 e. The summed E-state index contributed by atoms with van der Waals surface area (Å²) in [4.78, 5) is 11.5. The van der Waals surface area contributed by atoms with Gasteiger partial charge in [0.25, 0.3) is 5.91 Å². The van der Waals surface area contributed by atoms with Gasteiger partial charge in [-0.05, 0) is 19.1 Å². The van der Waals surface area contributed by atoms with E-state index in [4.69, 9.17) is 0 Å². The van der Waals surface area contributed by atoms with Crippen molar-refractivity contribution in [2.45, 2.75) is 13.0 Å². The van der Waals surface area contributed by atoms with Gasteiger partial charge in [0.05, 0.1) is 5.56 Å². The molecule has 0 fully saturated rings. The minimum atomic E-state index is -0.255. The van der Waals surface area contributed by atoms with Crippen LogP contribution in [0.25, 0.3) is 0 Å². The van der Waals surface area contributed by atoms with Crippen molar-refractivity contribution in [1.29, 1.82) is 0 Å². The maximum Gasteiger partial charge on any atom is 0.255 e. The van der Waals surface area contributed by atoms with Crippen molar-refractivity contribution in [3.8, 4) is 5.75 Å². The van der Waals surface area contributed by atoms with Gasteiger partial charge >= 0.3 is 0 Å². The number of alkyl halides is 1. The fourth-order valence-electron chi connectivity index (χ4n) is 1.01. The molecule has 0 bridgehead atoms. The molecule has 0 radical (unpaired) electrons. The summed E-state index contributed by atoms with van der Waals surface area (Å²) in [5, 5.41) is 12.8. The van der Waals surface area contributed by atoms with Crippen LogP contribution in [0.5, 0.6) is 5.75 Å². The van der Waals surface area contributed by atoms with E-state index in [0.717, 1.165) is 0 Å². The van der Waals surface area contributed by atoms with E-state index in [9.17, 15) is 9.90 Å². The number of phenols is 1. The van der Waals surface area contributed by atoms with Crippen LogP contribution in [0.1, 0.15) is 17.3 Å². The van der Waals surface area contributed by atoms with Gasteiger partial charge in [-0.15, -0.1) is 0 Å². The smallest absolute Gasteiger partial charge is 0.255 e. The van der Waals surface area contributed by atoms with Crippen molar-refractivity contribution in [2.75, 3.05) is 5.33 Å². The summed E-state index contributed by atoms with van der Waals surface area (Å²) in [6, 6.07) is 6.52. The van der Waals surface area contributed by atoms with Gasteiger partial charge in [0, 0.05) is 11.4 Å². The normalized spacial score (nSPS) is 12.1. The number of phenolic OH excluding ortho intramolecular Hbond substituents is 1. The number of carbonyl (C=O) groups is 1. The topological polar surface area (TPSA) is 49.3 Å². The molecule has 2 N–H and O–H groups in total. The largest absolute Gasteiger partial charge is 0.507 e. The van der Waals surface area contributed by atoms with Gasteiger partial charge in [0.15, 0.2) is 0 Å². The summed E-state index contributed by atoms with van der Waals surface area (Å²) < 4.78 is 0. The number of para-hydroxylation sites is 1. The van der Waals surface area contributed by atoms with Gasteiger partial charge in [-0.3, -0.25) is 4.79 Å². The second kappa shape index (κ2) is 5.00. The van der Waals surface area contributed by atoms with Crippen molar-refractivity contribution >= 4 is 21.8 Å². The first-order chi connectivity index (χ1) is 6.65. The highest BCUT2D eigenvalue weighted by molar-refractivity contribution is 9.09. The minimum absolute atomic E-state index is 0.00627. The predicted molar refractivity (Wildman–Crippen MR) is 58.8 cm³/mol. The van der Waals surface area contributed by atoms with Crippen molar-refractivity contribution < 1.29 is 9.90 Å². The van der Waals surface area contributed by atoms with E-state index in [1.54, 1.807) is 18.2 Å². The zero-order valence-corrected chi connectivity index (χ0v) is 9.41. The van der Waals surface area contributed by atoms with Gasteiger partial charge < -0.3 is 10.4 Å². The molecule has 0 heterocycles. The van der Waals surface area contributed by atoms with Crippen LogP contribution >= 0.6 is 15.9 Å². The highest BCUT2D eigenvalue weighted by Gasteiger charge is 2.11. The number of aromatic hydroxyl groups is 1. The van der Waals surface area contributed by atoms with Gasteiger partial charge in [-0.2, -0.15) is 0 Å². The molecule has 0 aliphatic heterocycles. The molecule has 0 spiro atoms. The number of carbonyl (C=O) groups excluding carboxylic acids is 1. The second-order valence-corrected chi connectivity index (χ2v) is 3.69. The predicted octanol–water partition coefficient (Wildman–Crippen LogP) is 1.91. The lowest BCUT2D eigenvalue weighted by Gasteiger charge is -2.11. The van der Waals surface area contributed by atoms with E-state index < -0.39 is 0 Å². The Morgan fingerprint density at radius 2 is 2.21 bits per heavy atom. The molecule has 76 valence electrons. The molecule has 1 atom stereocenters. The Kier molecular flexibility index (Phi) is 3.95. The standard InChI is InChI=1S/C10H12BrNO2/c1-7(6-11)12-10(14)8-4-2-3-5-9(8)13/h2-5,7,13H,6H2,1H3,(H,12,14). The Bertz CT molecular complexity index is 328. The van der Waals surface area contributed by atoms with E-state index in [2.05, 4.69) is 21.2 Å². The molecular weight excluding hydrogens is 246 g/mol. The van der Waals surface area contributed by atoms with Gasteiger partial charge in [-0.25, -0.2) is 0 Å². The number of halogens is 1. The van der Waals surface area contributed by atoms with Crippen molar-refractivity contribution in [2.24, 2.45) is 0 Å². The molecule has 1 amide bonds. The summed E-state index contributed by atoms with van der Waals surface area (Å²) >= 11 is 3.26. The molecule has 4 heteroatoms. The highest BCUT2D eigenvalue weighted by Crippen LogP contribution is 2.15. The van der Waals surface area contributed by atoms with Crippen molar-refractivity contribution in [3.63, 3.8) is 0 Å². The van der Waals surface area contributed by atoms with Gasteiger partial charge in [0.2, 0.25) is 0 Å². The summed E-state index contributed by atoms with van der Waals surface area (Å²) in [5.41, 5.74) is 0.306. The monoisotopic (exact) mass is 257 g/mol. The highest BCUT2D eigenvalue weighted by atomic mass is 79.9. The molecule has 0 aromatic heterocycles. The lowest BCUT2D eigenvalue weighted by atomic mass is 10.2. The Labute approximate surface area is 91.3 Å². The number of hydrogen-bond donors (Lipinski definition) is 2. The lowest BCUT2D eigenvalue weighted by molar-refractivity contribution is 0.0941. The molecule has 3 nitrogen and oxygen atoms in total. The van der Waals surface area contributed by atoms with Crippen LogP contribution in [0.4, 0.5) is 0 Å². The molecule has 14 heavy (non-hydrogen) atoms. The maximum atomic E-state index is 11.5. The fourth-order valence-corrected chi connectivity index (χ4v) is 1.17. The van der Waals surface area contributed by atoms with E-state index in [1.807, 2.05) is 6.92 Å². The fraction of sp³-hybridized carbons (Fsp3) is 0.300. The van der Waals surface area contributed by atoms with Crippen LogP contribution in [-0.2, 0) is 0 Å². The third-order valence-corrected chi connectivity index (χ3v) is 2.73. The summed E-state index contributed by atoms with van der Waals surface area (Å²) in [7, 11) is 0. The molecule has 1 aromatic rings. The molecule has 0 saturated heterocycles. The average molecular weight is 258 g/mol. The molecule has 1 aromatic carbocycles. The lowest BCUT2D eigenvalue weighted by Crippen LogP contribution is -2.33. The summed E-state index contributed by atoms with van der Waals surface area (Å²) in [6.45, 7) is 1.88. The SMILES string of the molecule is CC(CBr)NC(=O)c1ccccc1O. The van der Waals surface area contributed by atoms with Crippen LogP contribution in [0, 0.1) is 0 Å². The van der Waals surface area contributed by atoms with Crippen LogP contribution in [0.3, 0.4) is 0 Å². The molecule has 0 aliphatic carbocycles. The Hall–Kier alpha value is -1.03. The van der Waals surface area contributed by atoms with E-state index in [0.29, 0.717) is 10.9 Å². The number of hydrogen-bond acceptors (Lipinski definition) is 2. The number of nitrogens with one attached hydrogen (secondary N) is 1.